The summed E-state index contributed by atoms with van der Waals surface area (Å²) in [6.45, 7) is 0. The number of amides is 1. The van der Waals surface area contributed by atoms with Crippen LogP contribution >= 0.6 is 11.3 Å². The molecular formula is C13H9N3OS. The normalized spacial score (nSPS) is 10.7. The summed E-state index contributed by atoms with van der Waals surface area (Å²) in [5.41, 5.74) is 8.24. The summed E-state index contributed by atoms with van der Waals surface area (Å²) in [5.74, 6) is -0.523. The van der Waals surface area contributed by atoms with Gasteiger partial charge >= 0.3 is 0 Å². The Morgan fingerprint density at radius 1 is 1.22 bits per heavy atom. The molecule has 1 amide bonds. The Morgan fingerprint density at radius 3 is 2.83 bits per heavy atom. The predicted octanol–water partition coefficient (Wildman–Crippen LogP) is 2.46. The number of hydrogen-bond donors (Lipinski definition) is 1. The lowest BCUT2D eigenvalue weighted by molar-refractivity contribution is 0.0996. The first-order valence-corrected chi connectivity index (χ1v) is 6.27. The molecule has 18 heavy (non-hydrogen) atoms. The highest BCUT2D eigenvalue weighted by atomic mass is 32.1. The average Bonchev–Trinajstić information content (AvgIpc) is 2.91. The molecule has 88 valence electrons. The fourth-order valence-corrected chi connectivity index (χ4v) is 2.47. The molecule has 0 bridgehead atoms. The number of thiophene rings is 1. The van der Waals surface area contributed by atoms with Gasteiger partial charge in [0.1, 0.15) is 5.69 Å². The number of pyridine rings is 2. The van der Waals surface area contributed by atoms with Gasteiger partial charge in [0.2, 0.25) is 0 Å². The largest absolute Gasteiger partial charge is 0.364 e. The number of rotatable bonds is 2. The Kier molecular flexibility index (Phi) is 2.53. The van der Waals surface area contributed by atoms with E-state index in [4.69, 9.17) is 5.73 Å². The van der Waals surface area contributed by atoms with Crippen molar-refractivity contribution >= 4 is 28.1 Å². The van der Waals surface area contributed by atoms with E-state index in [9.17, 15) is 4.79 Å². The van der Waals surface area contributed by atoms with Gasteiger partial charge in [-0.05, 0) is 34.5 Å². The van der Waals surface area contributed by atoms with Gasteiger partial charge in [-0.2, -0.15) is 11.3 Å². The Labute approximate surface area is 107 Å². The van der Waals surface area contributed by atoms with Crippen molar-refractivity contribution in [2.24, 2.45) is 5.73 Å². The molecule has 5 heteroatoms. The first kappa shape index (κ1) is 10.9. The standard InChI is InChI=1S/C13H9N3OS/c14-13(17)11-2-1-8-5-15-6-10(12(8)16-11)9-3-4-18-7-9/h1-7H,(H2,14,17). The monoisotopic (exact) mass is 255 g/mol. The SMILES string of the molecule is NC(=O)c1ccc2cncc(-c3ccsc3)c2n1. The van der Waals surface area contributed by atoms with E-state index in [0.717, 1.165) is 22.0 Å². The van der Waals surface area contributed by atoms with Crippen LogP contribution in [0.1, 0.15) is 10.5 Å². The zero-order valence-electron chi connectivity index (χ0n) is 9.33. The van der Waals surface area contributed by atoms with E-state index >= 15 is 0 Å². The summed E-state index contributed by atoms with van der Waals surface area (Å²) in [5, 5.41) is 4.91. The third kappa shape index (κ3) is 1.74. The summed E-state index contributed by atoms with van der Waals surface area (Å²) in [6.07, 6.45) is 3.48. The van der Waals surface area contributed by atoms with Gasteiger partial charge in [-0.1, -0.05) is 0 Å². The van der Waals surface area contributed by atoms with Gasteiger partial charge in [-0.25, -0.2) is 4.98 Å². The van der Waals surface area contributed by atoms with Crippen molar-refractivity contribution in [3.63, 3.8) is 0 Å². The smallest absolute Gasteiger partial charge is 0.267 e. The number of hydrogen-bond acceptors (Lipinski definition) is 4. The second kappa shape index (κ2) is 4.19. The number of nitrogens with two attached hydrogens (primary N) is 1. The summed E-state index contributed by atoms with van der Waals surface area (Å²) in [6, 6.07) is 5.43. The topological polar surface area (TPSA) is 68.9 Å². The van der Waals surface area contributed by atoms with Gasteiger partial charge < -0.3 is 5.73 Å². The molecule has 3 rings (SSSR count). The second-order valence-electron chi connectivity index (χ2n) is 3.83. The number of primary amides is 1. The summed E-state index contributed by atoms with van der Waals surface area (Å²) in [4.78, 5) is 19.7. The number of carbonyl (C=O) groups is 1. The molecule has 0 saturated carbocycles. The highest BCUT2D eigenvalue weighted by molar-refractivity contribution is 7.08. The minimum atomic E-state index is -0.523. The predicted molar refractivity (Wildman–Crippen MR) is 71.4 cm³/mol. The minimum Gasteiger partial charge on any atom is -0.364 e. The van der Waals surface area contributed by atoms with E-state index in [0.29, 0.717) is 0 Å². The van der Waals surface area contributed by atoms with Crippen LogP contribution in [-0.2, 0) is 0 Å². The Hall–Kier alpha value is -2.27. The van der Waals surface area contributed by atoms with E-state index in [2.05, 4.69) is 9.97 Å². The number of fused-ring (bicyclic) bond motifs is 1. The van der Waals surface area contributed by atoms with Gasteiger partial charge in [0.05, 0.1) is 5.52 Å². The molecule has 0 aromatic carbocycles. The molecule has 4 nitrogen and oxygen atoms in total. The van der Waals surface area contributed by atoms with E-state index in [1.807, 2.05) is 22.9 Å². The third-order valence-electron chi connectivity index (χ3n) is 2.68. The van der Waals surface area contributed by atoms with E-state index in [1.165, 1.54) is 0 Å². The summed E-state index contributed by atoms with van der Waals surface area (Å²) in [7, 11) is 0. The molecule has 0 unspecified atom stereocenters. The van der Waals surface area contributed by atoms with Crippen LogP contribution in [0, 0.1) is 0 Å². The van der Waals surface area contributed by atoms with Crippen molar-refractivity contribution in [1.82, 2.24) is 9.97 Å². The second-order valence-corrected chi connectivity index (χ2v) is 4.61. The Balaban J connectivity index is 2.31. The molecule has 0 radical (unpaired) electrons. The Morgan fingerprint density at radius 2 is 2.11 bits per heavy atom. The van der Waals surface area contributed by atoms with Gasteiger partial charge in [0, 0.05) is 23.3 Å². The lowest BCUT2D eigenvalue weighted by Crippen LogP contribution is -2.12. The lowest BCUT2D eigenvalue weighted by atomic mass is 10.1. The van der Waals surface area contributed by atoms with Crippen molar-refractivity contribution < 1.29 is 4.79 Å². The van der Waals surface area contributed by atoms with Crippen LogP contribution in [0.15, 0.2) is 41.4 Å². The third-order valence-corrected chi connectivity index (χ3v) is 3.37. The molecule has 0 spiro atoms. The highest BCUT2D eigenvalue weighted by Gasteiger charge is 2.09. The summed E-state index contributed by atoms with van der Waals surface area (Å²) < 4.78 is 0. The molecule has 3 aromatic heterocycles. The first-order valence-electron chi connectivity index (χ1n) is 5.33. The van der Waals surface area contributed by atoms with E-state index in [-0.39, 0.29) is 5.69 Å². The number of aromatic nitrogens is 2. The van der Waals surface area contributed by atoms with Crippen LogP contribution in [0.25, 0.3) is 22.0 Å². The van der Waals surface area contributed by atoms with Crippen LogP contribution in [0.5, 0.6) is 0 Å². The zero-order chi connectivity index (χ0) is 12.5. The van der Waals surface area contributed by atoms with Crippen molar-refractivity contribution in [3.05, 3.63) is 47.0 Å². The number of carbonyl (C=O) groups excluding carboxylic acids is 1. The van der Waals surface area contributed by atoms with Crippen molar-refractivity contribution in [3.8, 4) is 11.1 Å². The molecule has 3 aromatic rings. The van der Waals surface area contributed by atoms with Gasteiger partial charge in [-0.15, -0.1) is 0 Å². The van der Waals surface area contributed by atoms with Crippen molar-refractivity contribution in [2.75, 3.05) is 0 Å². The minimum absolute atomic E-state index is 0.269. The molecule has 0 atom stereocenters. The maximum absolute atomic E-state index is 11.2. The fraction of sp³-hybridized carbons (Fsp3) is 0. The summed E-state index contributed by atoms with van der Waals surface area (Å²) >= 11 is 1.61. The number of nitrogens with zero attached hydrogens (tertiary/aromatic N) is 2. The maximum Gasteiger partial charge on any atom is 0.267 e. The molecule has 3 heterocycles. The molecule has 0 saturated heterocycles. The van der Waals surface area contributed by atoms with Crippen molar-refractivity contribution in [2.45, 2.75) is 0 Å². The van der Waals surface area contributed by atoms with Crippen LogP contribution in [0.2, 0.25) is 0 Å². The van der Waals surface area contributed by atoms with Crippen LogP contribution < -0.4 is 5.73 Å². The molecule has 0 aliphatic rings. The first-order chi connectivity index (χ1) is 8.75. The average molecular weight is 255 g/mol. The highest BCUT2D eigenvalue weighted by Crippen LogP contribution is 2.27. The Bertz CT molecular complexity index is 722. The van der Waals surface area contributed by atoms with Crippen LogP contribution in [-0.4, -0.2) is 15.9 Å². The van der Waals surface area contributed by atoms with Crippen molar-refractivity contribution in [1.29, 1.82) is 0 Å². The molecular weight excluding hydrogens is 246 g/mol. The van der Waals surface area contributed by atoms with Gasteiger partial charge in [-0.3, -0.25) is 9.78 Å². The zero-order valence-corrected chi connectivity index (χ0v) is 10.1. The van der Waals surface area contributed by atoms with E-state index in [1.54, 1.807) is 29.8 Å². The molecule has 2 N–H and O–H groups in total. The lowest BCUT2D eigenvalue weighted by Gasteiger charge is -2.04. The fourth-order valence-electron chi connectivity index (χ4n) is 1.81. The quantitative estimate of drug-likeness (QED) is 0.764. The molecule has 0 fully saturated rings. The molecule has 0 aliphatic carbocycles. The van der Waals surface area contributed by atoms with Crippen LogP contribution in [0.3, 0.4) is 0 Å². The van der Waals surface area contributed by atoms with Gasteiger partial charge in [0.25, 0.3) is 5.91 Å². The van der Waals surface area contributed by atoms with Crippen LogP contribution in [0.4, 0.5) is 0 Å². The van der Waals surface area contributed by atoms with E-state index < -0.39 is 5.91 Å². The maximum atomic E-state index is 11.2. The molecule has 0 aliphatic heterocycles. The van der Waals surface area contributed by atoms with Gasteiger partial charge in [0.15, 0.2) is 0 Å².